The molecule has 2 N–H and O–H groups in total. The smallest absolute Gasteiger partial charge is 0.269 e. The van der Waals surface area contributed by atoms with Gasteiger partial charge in [-0.15, -0.1) is 11.3 Å². The van der Waals surface area contributed by atoms with Crippen molar-refractivity contribution in [2.45, 2.75) is 38.8 Å². The van der Waals surface area contributed by atoms with Crippen LogP contribution >= 0.6 is 11.3 Å². The number of nitrogens with zero attached hydrogens (tertiary/aromatic N) is 1. The quantitative estimate of drug-likeness (QED) is 0.642. The predicted molar refractivity (Wildman–Crippen MR) is 97.1 cm³/mol. The van der Waals surface area contributed by atoms with Gasteiger partial charge in [-0.25, -0.2) is 0 Å². The fourth-order valence-corrected chi connectivity index (χ4v) is 5.09. The molecule has 7 heteroatoms. The maximum absolute atomic E-state index is 12.7. The Bertz CT molecular complexity index is 861. The lowest BCUT2D eigenvalue weighted by molar-refractivity contribution is -0.384. The number of anilines is 1. The number of hydrogen-bond acceptors (Lipinski definition) is 5. The molecule has 0 fully saturated rings. The minimum Gasteiger partial charge on any atom is -0.353 e. The van der Waals surface area contributed by atoms with Crippen molar-refractivity contribution in [3.8, 4) is 0 Å². The Morgan fingerprint density at radius 3 is 2.96 bits per heavy atom. The molecule has 1 aliphatic carbocycles. The van der Waals surface area contributed by atoms with E-state index < -0.39 is 11.1 Å². The summed E-state index contributed by atoms with van der Waals surface area (Å²) >= 11 is 1.66. The summed E-state index contributed by atoms with van der Waals surface area (Å²) in [5, 5.41) is 18.2. The van der Waals surface area contributed by atoms with E-state index in [0.29, 0.717) is 11.5 Å². The molecule has 2 heterocycles. The molecule has 0 radical (unpaired) electrons. The Balaban J connectivity index is 1.66. The Labute approximate surface area is 149 Å². The molecule has 0 unspecified atom stereocenters. The predicted octanol–water partition coefficient (Wildman–Crippen LogP) is 4.03. The van der Waals surface area contributed by atoms with Gasteiger partial charge in [0, 0.05) is 22.6 Å². The molecule has 130 valence electrons. The zero-order valence-corrected chi connectivity index (χ0v) is 14.7. The average molecular weight is 357 g/mol. The van der Waals surface area contributed by atoms with Crippen LogP contribution < -0.4 is 10.6 Å². The summed E-state index contributed by atoms with van der Waals surface area (Å²) in [6.45, 7) is 2.21. The van der Waals surface area contributed by atoms with Crippen LogP contribution in [0, 0.1) is 16.0 Å². The number of fused-ring (bicyclic) bond motifs is 3. The van der Waals surface area contributed by atoms with Crippen molar-refractivity contribution in [3.05, 3.63) is 55.9 Å². The second kappa shape index (κ2) is 6.15. The number of nitro groups is 1. The minimum atomic E-state index is -0.443. The molecule has 0 saturated heterocycles. The number of nitro benzene ring substituents is 1. The second-order valence-corrected chi connectivity index (χ2v) is 7.73. The van der Waals surface area contributed by atoms with Crippen LogP contribution in [-0.4, -0.2) is 10.8 Å². The fourth-order valence-electron chi connectivity index (χ4n) is 3.70. The van der Waals surface area contributed by atoms with E-state index in [2.05, 4.69) is 17.6 Å². The van der Waals surface area contributed by atoms with Crippen LogP contribution in [0.5, 0.6) is 0 Å². The number of thiophene rings is 1. The summed E-state index contributed by atoms with van der Waals surface area (Å²) < 4.78 is 0. The van der Waals surface area contributed by atoms with Crippen molar-refractivity contribution in [3.63, 3.8) is 0 Å². The van der Waals surface area contributed by atoms with Crippen molar-refractivity contribution in [1.29, 1.82) is 0 Å². The summed E-state index contributed by atoms with van der Waals surface area (Å²) in [5.74, 6) is 0.612. The van der Waals surface area contributed by atoms with E-state index in [-0.39, 0.29) is 11.6 Å². The molecule has 25 heavy (non-hydrogen) atoms. The monoisotopic (exact) mass is 357 g/mol. The van der Waals surface area contributed by atoms with E-state index >= 15 is 0 Å². The highest BCUT2D eigenvalue weighted by Crippen LogP contribution is 2.43. The van der Waals surface area contributed by atoms with Gasteiger partial charge in [-0.1, -0.05) is 25.5 Å². The van der Waals surface area contributed by atoms with Crippen LogP contribution in [0.3, 0.4) is 0 Å². The maximum Gasteiger partial charge on any atom is 0.269 e. The first kappa shape index (κ1) is 16.1. The zero-order valence-electron chi connectivity index (χ0n) is 13.9. The Morgan fingerprint density at radius 1 is 1.36 bits per heavy atom. The van der Waals surface area contributed by atoms with Crippen LogP contribution in [0.2, 0.25) is 0 Å². The molecule has 2 aliphatic rings. The topological polar surface area (TPSA) is 84.3 Å². The molecule has 2 aromatic rings. The van der Waals surface area contributed by atoms with Gasteiger partial charge in [0.15, 0.2) is 0 Å². The summed E-state index contributed by atoms with van der Waals surface area (Å²) in [5.41, 5.74) is 2.67. The Morgan fingerprint density at radius 2 is 2.20 bits per heavy atom. The highest BCUT2D eigenvalue weighted by atomic mass is 32.1. The van der Waals surface area contributed by atoms with Crippen LogP contribution in [0.25, 0.3) is 0 Å². The van der Waals surface area contributed by atoms with Gasteiger partial charge in [0.25, 0.3) is 11.6 Å². The van der Waals surface area contributed by atoms with Gasteiger partial charge >= 0.3 is 0 Å². The lowest BCUT2D eigenvalue weighted by Gasteiger charge is -2.27. The van der Waals surface area contributed by atoms with Crippen LogP contribution in [0.1, 0.15) is 52.3 Å². The third-order valence-corrected chi connectivity index (χ3v) is 6.32. The van der Waals surface area contributed by atoms with Gasteiger partial charge in [0.2, 0.25) is 0 Å². The number of rotatable bonds is 3. The van der Waals surface area contributed by atoms with Gasteiger partial charge in [-0.05, 0) is 30.7 Å². The summed E-state index contributed by atoms with van der Waals surface area (Å²) in [7, 11) is 0. The van der Waals surface area contributed by atoms with E-state index in [1.54, 1.807) is 23.5 Å². The molecule has 1 aliphatic heterocycles. The van der Waals surface area contributed by atoms with Gasteiger partial charge in [-0.3, -0.25) is 14.9 Å². The van der Waals surface area contributed by atoms with Crippen molar-refractivity contribution in [2.75, 3.05) is 5.32 Å². The van der Waals surface area contributed by atoms with Crippen molar-refractivity contribution in [1.82, 2.24) is 5.32 Å². The molecule has 1 aromatic heterocycles. The minimum absolute atomic E-state index is 0.0237. The highest BCUT2D eigenvalue weighted by Gasteiger charge is 2.33. The number of amides is 1. The van der Waals surface area contributed by atoms with E-state index in [1.807, 2.05) is 0 Å². The molecule has 0 spiro atoms. The number of carbonyl (C=O) groups excluding carboxylic acids is 1. The molecule has 6 nitrogen and oxygen atoms in total. The van der Waals surface area contributed by atoms with Crippen molar-refractivity contribution >= 4 is 27.9 Å². The first-order valence-corrected chi connectivity index (χ1v) is 9.34. The average Bonchev–Trinajstić information content (AvgIpc) is 2.99. The zero-order chi connectivity index (χ0) is 17.6. The van der Waals surface area contributed by atoms with Crippen LogP contribution in [0.4, 0.5) is 10.7 Å². The number of benzene rings is 1. The van der Waals surface area contributed by atoms with Crippen LogP contribution in [-0.2, 0) is 12.8 Å². The molecule has 4 rings (SSSR count). The number of carbonyl (C=O) groups is 1. The largest absolute Gasteiger partial charge is 0.353 e. The highest BCUT2D eigenvalue weighted by molar-refractivity contribution is 7.16. The number of hydrogen-bond donors (Lipinski definition) is 2. The molecular formula is C18H19N3O3S. The SMILES string of the molecule is CC[C@H]1CCc2c(sc3c2C(=O)N[C@@H](c2cccc([N+](=O)[O-])c2)N3)C1. The third kappa shape index (κ3) is 2.78. The lowest BCUT2D eigenvalue weighted by Crippen LogP contribution is -2.38. The first-order chi connectivity index (χ1) is 12.1. The molecule has 0 bridgehead atoms. The lowest BCUT2D eigenvalue weighted by atomic mass is 9.85. The van der Waals surface area contributed by atoms with Gasteiger partial charge < -0.3 is 10.6 Å². The normalized spacial score (nSPS) is 21.7. The van der Waals surface area contributed by atoms with Crippen LogP contribution in [0.15, 0.2) is 24.3 Å². The molecule has 1 amide bonds. The van der Waals surface area contributed by atoms with E-state index in [9.17, 15) is 14.9 Å². The molecule has 1 aromatic carbocycles. The summed E-state index contributed by atoms with van der Waals surface area (Å²) in [4.78, 5) is 24.6. The van der Waals surface area contributed by atoms with Crippen molar-refractivity contribution in [2.24, 2.45) is 5.92 Å². The summed E-state index contributed by atoms with van der Waals surface area (Å²) in [6.07, 6.45) is 3.85. The summed E-state index contributed by atoms with van der Waals surface area (Å²) in [6, 6.07) is 6.39. The van der Waals surface area contributed by atoms with E-state index in [0.717, 1.165) is 36.2 Å². The van der Waals surface area contributed by atoms with Gasteiger partial charge in [0.05, 0.1) is 10.5 Å². The van der Waals surface area contributed by atoms with E-state index in [4.69, 9.17) is 0 Å². The Kier molecular flexibility index (Phi) is 3.95. The molecule has 0 saturated carbocycles. The molecular weight excluding hydrogens is 338 g/mol. The second-order valence-electron chi connectivity index (χ2n) is 6.63. The molecule has 2 atom stereocenters. The van der Waals surface area contributed by atoms with E-state index in [1.165, 1.54) is 22.6 Å². The maximum atomic E-state index is 12.7. The standard InChI is InChI=1S/C18H19N3O3S/c1-2-10-6-7-13-14(8-10)25-18-15(13)17(22)19-16(20-18)11-4-3-5-12(9-11)21(23)24/h3-5,9-10,16,20H,2,6-8H2,1H3,(H,19,22)/t10-,16+/m0/s1. The Hall–Kier alpha value is -2.41. The van der Waals surface area contributed by atoms with Crippen molar-refractivity contribution < 1.29 is 9.72 Å². The number of nitrogens with one attached hydrogen (secondary N) is 2. The first-order valence-electron chi connectivity index (χ1n) is 8.53. The van der Waals surface area contributed by atoms with Gasteiger partial charge in [-0.2, -0.15) is 0 Å². The number of non-ortho nitro benzene ring substituents is 1. The fraction of sp³-hybridized carbons (Fsp3) is 0.389. The van der Waals surface area contributed by atoms with Gasteiger partial charge in [0.1, 0.15) is 11.2 Å². The third-order valence-electron chi connectivity index (χ3n) is 5.14.